The van der Waals surface area contributed by atoms with Gasteiger partial charge < -0.3 is 19.3 Å². The van der Waals surface area contributed by atoms with Crippen LogP contribution in [-0.2, 0) is 40.7 Å². The molecule has 0 bridgehead atoms. The van der Waals surface area contributed by atoms with Crippen molar-refractivity contribution >= 4 is 54.8 Å². The Morgan fingerprint density at radius 2 is 1.11 bits per heavy atom. The third-order valence-corrected chi connectivity index (χ3v) is 11.0. The normalized spacial score (nSPS) is 20.9. The van der Waals surface area contributed by atoms with E-state index in [0.717, 1.165) is 0 Å². The number of allylic oxidation sites excluding steroid dienone is 4. The Kier molecular flexibility index (Phi) is 11.9. The van der Waals surface area contributed by atoms with E-state index < -0.39 is 44.3 Å². The smallest absolute Gasteiger partial charge is 0.309 e. The lowest BCUT2D eigenvalue weighted by Crippen LogP contribution is -2.24. The van der Waals surface area contributed by atoms with Gasteiger partial charge in [-0.05, 0) is 53.4 Å². The van der Waals surface area contributed by atoms with Gasteiger partial charge in [-0.1, -0.05) is 12.8 Å². The highest BCUT2D eigenvalue weighted by molar-refractivity contribution is 7.95. The minimum Gasteiger partial charge on any atom is -0.646 e. The second kappa shape index (κ2) is 14.0. The summed E-state index contributed by atoms with van der Waals surface area (Å²) in [5.74, 6) is -1.95. The van der Waals surface area contributed by atoms with Crippen LogP contribution in [0.1, 0.15) is 105 Å². The SMILES string of the molecule is CC(C)(CCCCC1=CC(=O)CC(CCC2=CC(=O)CC(CCCCC(C)(C)C(=O)O)=[SH+]2[O-])=[SH+]1[O-])C(=O)O. The fourth-order valence-electron chi connectivity index (χ4n) is 4.53. The maximum Gasteiger partial charge on any atom is 0.309 e. The van der Waals surface area contributed by atoms with Gasteiger partial charge in [0.05, 0.1) is 43.2 Å². The molecule has 2 heterocycles. The first-order valence-electron chi connectivity index (χ1n) is 13.2. The van der Waals surface area contributed by atoms with Crippen molar-refractivity contribution in [2.75, 3.05) is 0 Å². The summed E-state index contributed by atoms with van der Waals surface area (Å²) in [6, 6.07) is 0. The first kappa shape index (κ1) is 32.3. The number of rotatable bonds is 15. The number of hydrogen-bond acceptors (Lipinski definition) is 6. The van der Waals surface area contributed by atoms with Crippen LogP contribution in [0.4, 0.5) is 0 Å². The summed E-state index contributed by atoms with van der Waals surface area (Å²) < 4.78 is 26.3. The van der Waals surface area contributed by atoms with Crippen LogP contribution < -0.4 is 0 Å². The van der Waals surface area contributed by atoms with E-state index in [4.69, 9.17) is 0 Å². The molecule has 8 nitrogen and oxygen atoms in total. The van der Waals surface area contributed by atoms with Crippen molar-refractivity contribution in [3.05, 3.63) is 22.0 Å². The number of hydrogen-bond donors (Lipinski definition) is 2. The summed E-state index contributed by atoms with van der Waals surface area (Å²) in [5.41, 5.74) is -1.66. The predicted molar refractivity (Wildman–Crippen MR) is 154 cm³/mol. The Bertz CT molecular complexity index is 1060. The largest absolute Gasteiger partial charge is 0.646 e. The molecule has 2 aliphatic rings. The molecule has 0 fully saturated rings. The average Bonchev–Trinajstić information content (AvgIpc) is 2.82. The van der Waals surface area contributed by atoms with Crippen molar-refractivity contribution in [1.82, 2.24) is 0 Å². The van der Waals surface area contributed by atoms with Crippen LogP contribution in [0, 0.1) is 10.8 Å². The zero-order valence-electron chi connectivity index (χ0n) is 22.9. The third kappa shape index (κ3) is 9.39. The van der Waals surface area contributed by atoms with E-state index in [1.54, 1.807) is 27.7 Å². The lowest BCUT2D eigenvalue weighted by Gasteiger charge is -2.23. The standard InChI is InChI=1S/C28H42O8S2/c1-27(2,25(31)32)13-7-5-9-21-15-19(29)17-23(37(21)35)11-12-24-18-20(30)16-22(38(24)36)10-6-8-14-28(3,4)26(33)34/h15,18,37-38H,5-14,16-17H2,1-4H3,(H2-2,31,32,33,34,35,36). The predicted octanol–water partition coefficient (Wildman–Crippen LogP) is 4.13. The highest BCUT2D eigenvalue weighted by Crippen LogP contribution is 2.28. The van der Waals surface area contributed by atoms with Crippen LogP contribution in [0.25, 0.3) is 0 Å². The number of unbranched alkanes of at least 4 members (excludes halogenated alkanes) is 2. The van der Waals surface area contributed by atoms with Gasteiger partial charge in [0.1, 0.15) is 0 Å². The summed E-state index contributed by atoms with van der Waals surface area (Å²) in [6.45, 7) is 6.69. The molecule has 2 unspecified atom stereocenters. The molecule has 38 heavy (non-hydrogen) atoms. The molecule has 0 radical (unpaired) electrons. The van der Waals surface area contributed by atoms with Crippen molar-refractivity contribution in [2.45, 2.75) is 105 Å². The monoisotopic (exact) mass is 570 g/mol. The second-order valence-electron chi connectivity index (χ2n) is 11.6. The van der Waals surface area contributed by atoms with Gasteiger partial charge in [0.25, 0.3) is 0 Å². The zero-order valence-corrected chi connectivity index (χ0v) is 24.7. The van der Waals surface area contributed by atoms with E-state index in [2.05, 4.69) is 0 Å². The molecule has 2 N–H and O–H groups in total. The molecule has 0 saturated heterocycles. The van der Waals surface area contributed by atoms with E-state index in [-0.39, 0.29) is 24.4 Å². The molecule has 0 aromatic carbocycles. The van der Waals surface area contributed by atoms with Crippen LogP contribution in [0.2, 0.25) is 0 Å². The number of ketones is 2. The van der Waals surface area contributed by atoms with Gasteiger partial charge in [0.15, 0.2) is 11.6 Å². The van der Waals surface area contributed by atoms with Gasteiger partial charge in [0, 0.05) is 37.8 Å². The second-order valence-corrected chi connectivity index (χ2v) is 15.2. The van der Waals surface area contributed by atoms with Crippen LogP contribution >= 0.6 is 0 Å². The molecule has 2 aliphatic heterocycles. The molecule has 0 aromatic rings. The van der Waals surface area contributed by atoms with E-state index >= 15 is 0 Å². The highest BCUT2D eigenvalue weighted by Gasteiger charge is 2.28. The van der Waals surface area contributed by atoms with E-state index in [1.165, 1.54) is 12.2 Å². The summed E-state index contributed by atoms with van der Waals surface area (Å²) in [4.78, 5) is 49.6. The fourth-order valence-corrected chi connectivity index (χ4v) is 7.81. The van der Waals surface area contributed by atoms with Crippen molar-refractivity contribution in [1.29, 1.82) is 0 Å². The fraction of sp³-hybridized carbons (Fsp3) is 0.643. The molecular formula is C28H42O8S2. The van der Waals surface area contributed by atoms with Crippen molar-refractivity contribution < 1.29 is 38.5 Å². The number of carboxylic acid groups (broad SMARTS) is 2. The van der Waals surface area contributed by atoms with Crippen molar-refractivity contribution in [3.63, 3.8) is 0 Å². The number of carboxylic acids is 2. The van der Waals surface area contributed by atoms with Gasteiger partial charge in [-0.25, -0.2) is 0 Å². The quantitative estimate of drug-likeness (QED) is 0.129. The summed E-state index contributed by atoms with van der Waals surface area (Å²) in [7, 11) is -3.72. The van der Waals surface area contributed by atoms with Crippen LogP contribution in [0.3, 0.4) is 0 Å². The molecule has 0 aliphatic carbocycles. The number of thiol groups is 2. The van der Waals surface area contributed by atoms with Gasteiger partial charge in [-0.2, -0.15) is 21.5 Å². The topological polar surface area (TPSA) is 155 Å². The molecule has 0 amide bonds. The first-order chi connectivity index (χ1) is 17.6. The molecule has 2 atom stereocenters. The van der Waals surface area contributed by atoms with E-state index in [0.29, 0.717) is 83.7 Å². The van der Waals surface area contributed by atoms with Gasteiger partial charge >= 0.3 is 11.9 Å². The van der Waals surface area contributed by atoms with Crippen LogP contribution in [-0.4, -0.2) is 52.6 Å². The van der Waals surface area contributed by atoms with E-state index in [1.807, 2.05) is 0 Å². The molecule has 0 spiro atoms. The lowest BCUT2D eigenvalue weighted by atomic mass is 9.87. The van der Waals surface area contributed by atoms with Gasteiger partial charge in [0.2, 0.25) is 0 Å². The van der Waals surface area contributed by atoms with E-state index in [9.17, 15) is 38.5 Å². The Labute approximate surface area is 230 Å². The number of aliphatic carboxylic acids is 2. The highest BCUT2D eigenvalue weighted by atomic mass is 32.2. The third-order valence-electron chi connectivity index (χ3n) is 7.34. The van der Waals surface area contributed by atoms with Crippen LogP contribution in [0.5, 0.6) is 0 Å². The Morgan fingerprint density at radius 3 is 1.55 bits per heavy atom. The summed E-state index contributed by atoms with van der Waals surface area (Å²) >= 11 is 0. The van der Waals surface area contributed by atoms with Crippen molar-refractivity contribution in [2.24, 2.45) is 10.8 Å². The van der Waals surface area contributed by atoms with Gasteiger partial charge in [-0.15, -0.1) is 0 Å². The zero-order chi connectivity index (χ0) is 28.7. The average molecular weight is 571 g/mol. The maximum atomic E-state index is 13.2. The summed E-state index contributed by atoms with van der Waals surface area (Å²) in [6.07, 6.45) is 8.27. The van der Waals surface area contributed by atoms with Gasteiger partial charge in [-0.3, -0.25) is 19.2 Å². The molecule has 0 aromatic heterocycles. The first-order valence-corrected chi connectivity index (χ1v) is 15.7. The Hall–Kier alpha value is -1.88. The van der Waals surface area contributed by atoms with Crippen LogP contribution in [0.15, 0.2) is 22.0 Å². The number of carbonyl (C=O) groups is 4. The molecule has 2 rings (SSSR count). The molecule has 10 heteroatoms. The molecule has 214 valence electrons. The minimum absolute atomic E-state index is 0.0820. The summed E-state index contributed by atoms with van der Waals surface area (Å²) in [5, 5.41) is 18.5. The number of carbonyl (C=O) groups excluding carboxylic acids is 2. The van der Waals surface area contributed by atoms with Crippen molar-refractivity contribution in [3.8, 4) is 0 Å². The Morgan fingerprint density at radius 1 is 0.711 bits per heavy atom. The molecule has 0 saturated carbocycles. The maximum absolute atomic E-state index is 13.2. The lowest BCUT2D eigenvalue weighted by molar-refractivity contribution is -0.148. The minimum atomic E-state index is -1.87. The molecular weight excluding hydrogens is 528 g/mol. The Balaban J connectivity index is 1.98.